The van der Waals surface area contributed by atoms with Crippen molar-refractivity contribution in [1.29, 1.82) is 0 Å². The maximum Gasteiger partial charge on any atom is 0.333 e. The summed E-state index contributed by atoms with van der Waals surface area (Å²) in [5.41, 5.74) is 1.42. The summed E-state index contributed by atoms with van der Waals surface area (Å²) in [4.78, 5) is 12.4. The van der Waals surface area contributed by atoms with Crippen molar-refractivity contribution in [2.24, 2.45) is 28.6 Å². The van der Waals surface area contributed by atoms with Gasteiger partial charge in [-0.05, 0) is 60.7 Å². The number of esters is 1. The number of aliphatic hydroxyl groups excluding tert-OH is 1. The molecule has 24 heavy (non-hydrogen) atoms. The van der Waals surface area contributed by atoms with E-state index in [1.54, 1.807) is 0 Å². The van der Waals surface area contributed by atoms with Gasteiger partial charge < -0.3 is 9.84 Å². The van der Waals surface area contributed by atoms with Gasteiger partial charge in [0.05, 0.1) is 7.11 Å². The van der Waals surface area contributed by atoms with Crippen LogP contribution in [0.2, 0.25) is 0 Å². The van der Waals surface area contributed by atoms with Crippen LogP contribution >= 0.6 is 0 Å². The van der Waals surface area contributed by atoms with Gasteiger partial charge >= 0.3 is 5.97 Å². The second-order valence-corrected chi connectivity index (χ2v) is 9.03. The summed E-state index contributed by atoms with van der Waals surface area (Å²) < 4.78 is 5.10. The average molecular weight is 337 g/mol. The van der Waals surface area contributed by atoms with Crippen LogP contribution in [0.25, 0.3) is 0 Å². The molecular weight excluding hydrogens is 300 g/mol. The number of carbonyl (C=O) groups is 1. The molecule has 0 unspecified atom stereocenters. The van der Waals surface area contributed by atoms with Crippen molar-refractivity contribution < 1.29 is 14.6 Å². The highest BCUT2D eigenvalue weighted by Crippen LogP contribution is 2.60. The topological polar surface area (TPSA) is 46.5 Å². The average Bonchev–Trinajstić information content (AvgIpc) is 2.51. The monoisotopic (exact) mass is 336 g/mol. The van der Waals surface area contributed by atoms with Gasteiger partial charge in [-0.15, -0.1) is 0 Å². The lowest BCUT2D eigenvalue weighted by Crippen LogP contribution is -2.49. The molecule has 2 rings (SSSR count). The number of rotatable bonds is 6. The number of aliphatic hydroxyl groups is 1. The first-order valence-electron chi connectivity index (χ1n) is 9.65. The van der Waals surface area contributed by atoms with Crippen LogP contribution in [0, 0.1) is 28.6 Å². The van der Waals surface area contributed by atoms with Gasteiger partial charge in [0, 0.05) is 12.2 Å². The lowest BCUT2D eigenvalue weighted by atomic mass is 9.48. The minimum atomic E-state index is -0.141. The Kier molecular flexibility index (Phi) is 6.17. The summed E-state index contributed by atoms with van der Waals surface area (Å²) >= 11 is 0. The molecule has 1 N–H and O–H groups in total. The third-order valence-corrected chi connectivity index (χ3v) is 7.01. The summed E-state index contributed by atoms with van der Waals surface area (Å²) in [6, 6.07) is 0. The van der Waals surface area contributed by atoms with E-state index in [4.69, 9.17) is 4.74 Å². The van der Waals surface area contributed by atoms with Gasteiger partial charge in [-0.3, -0.25) is 0 Å². The largest absolute Gasteiger partial charge is 0.466 e. The first-order valence-corrected chi connectivity index (χ1v) is 9.65. The van der Waals surface area contributed by atoms with Crippen LogP contribution in [0.3, 0.4) is 0 Å². The van der Waals surface area contributed by atoms with Crippen molar-refractivity contribution in [3.8, 4) is 0 Å². The Morgan fingerprint density at radius 2 is 2.04 bits per heavy atom. The molecule has 0 saturated heterocycles. The molecule has 2 aliphatic carbocycles. The molecule has 0 radical (unpaired) electrons. The highest BCUT2D eigenvalue weighted by molar-refractivity contribution is 5.89. The quantitative estimate of drug-likeness (QED) is 0.713. The Bertz CT molecular complexity index is 479. The van der Waals surface area contributed by atoms with Gasteiger partial charge in [0.15, 0.2) is 0 Å². The first-order chi connectivity index (χ1) is 11.3. The maximum atomic E-state index is 12.4. The molecule has 0 amide bonds. The molecule has 0 bridgehead atoms. The van der Waals surface area contributed by atoms with Crippen molar-refractivity contribution in [3.05, 3.63) is 11.6 Å². The van der Waals surface area contributed by atoms with Crippen LogP contribution in [0.5, 0.6) is 0 Å². The van der Waals surface area contributed by atoms with Gasteiger partial charge in [0.1, 0.15) is 0 Å². The zero-order valence-corrected chi connectivity index (χ0v) is 16.2. The van der Waals surface area contributed by atoms with E-state index in [0.29, 0.717) is 17.3 Å². The third-order valence-electron chi connectivity index (χ3n) is 7.01. The zero-order valence-electron chi connectivity index (χ0n) is 16.2. The van der Waals surface area contributed by atoms with E-state index in [1.807, 2.05) is 0 Å². The fourth-order valence-corrected chi connectivity index (χ4v) is 5.56. The maximum absolute atomic E-state index is 12.4. The summed E-state index contributed by atoms with van der Waals surface area (Å²) in [7, 11) is 1.49. The molecule has 0 aliphatic heterocycles. The molecule has 0 aromatic carbocycles. The van der Waals surface area contributed by atoms with Crippen molar-refractivity contribution in [2.75, 3.05) is 13.7 Å². The normalized spacial score (nSPS) is 33.3. The minimum absolute atomic E-state index is 0.141. The molecular formula is C21H36O3. The van der Waals surface area contributed by atoms with Crippen LogP contribution in [0.1, 0.15) is 72.6 Å². The van der Waals surface area contributed by atoms with Crippen LogP contribution < -0.4 is 0 Å². The van der Waals surface area contributed by atoms with E-state index in [2.05, 4.69) is 33.8 Å². The molecule has 2 aliphatic rings. The number of carbonyl (C=O) groups excluding carboxylic acids is 1. The number of hydrogen-bond donors (Lipinski definition) is 1. The number of methoxy groups -OCH3 is 1. The Morgan fingerprint density at radius 3 is 2.67 bits per heavy atom. The van der Waals surface area contributed by atoms with Gasteiger partial charge in [-0.2, -0.15) is 0 Å². The van der Waals surface area contributed by atoms with Crippen molar-refractivity contribution >= 4 is 5.97 Å². The predicted molar refractivity (Wildman–Crippen MR) is 97.5 cm³/mol. The van der Waals surface area contributed by atoms with E-state index in [-0.39, 0.29) is 23.9 Å². The smallest absolute Gasteiger partial charge is 0.333 e. The van der Waals surface area contributed by atoms with Gasteiger partial charge in [-0.25, -0.2) is 4.79 Å². The van der Waals surface area contributed by atoms with Gasteiger partial charge in [0.25, 0.3) is 0 Å². The van der Waals surface area contributed by atoms with E-state index >= 15 is 0 Å². The highest BCUT2D eigenvalue weighted by Gasteiger charge is 2.53. The number of allylic oxidation sites excluding steroid dienone is 1. The Morgan fingerprint density at radius 1 is 1.33 bits per heavy atom. The van der Waals surface area contributed by atoms with E-state index < -0.39 is 0 Å². The van der Waals surface area contributed by atoms with Crippen LogP contribution in [0.4, 0.5) is 0 Å². The second kappa shape index (κ2) is 7.59. The van der Waals surface area contributed by atoms with Crippen molar-refractivity contribution in [1.82, 2.24) is 0 Å². The minimum Gasteiger partial charge on any atom is -0.466 e. The van der Waals surface area contributed by atoms with Crippen LogP contribution in [-0.4, -0.2) is 24.8 Å². The fraction of sp³-hybridized carbons (Fsp3) is 0.857. The fourth-order valence-electron chi connectivity index (χ4n) is 5.56. The molecule has 138 valence electrons. The lowest BCUT2D eigenvalue weighted by molar-refractivity contribution is -0.139. The summed E-state index contributed by atoms with van der Waals surface area (Å²) in [6.45, 7) is 9.66. The Hall–Kier alpha value is -0.830. The summed E-state index contributed by atoms with van der Waals surface area (Å²) in [5, 5.41) is 9.17. The number of hydrogen-bond acceptors (Lipinski definition) is 3. The molecule has 3 heteroatoms. The predicted octanol–water partition coefficient (Wildman–Crippen LogP) is 4.74. The molecule has 0 spiro atoms. The molecule has 1 fully saturated rings. The SMILES string of the molecule is COC(=O)C1=CC[C@@H]2C(C)(C)CCC[C@]2(C)[C@@H]1CC[C@@H](C)CCO. The highest BCUT2D eigenvalue weighted by atomic mass is 16.5. The van der Waals surface area contributed by atoms with Crippen LogP contribution in [-0.2, 0) is 9.53 Å². The molecule has 4 atom stereocenters. The van der Waals surface area contributed by atoms with Gasteiger partial charge in [-0.1, -0.05) is 46.6 Å². The van der Waals surface area contributed by atoms with E-state index in [0.717, 1.165) is 31.3 Å². The zero-order chi connectivity index (χ0) is 18.0. The van der Waals surface area contributed by atoms with Gasteiger partial charge in [0.2, 0.25) is 0 Å². The number of ether oxygens (including phenoxy) is 1. The summed E-state index contributed by atoms with van der Waals surface area (Å²) in [5.74, 6) is 1.27. The summed E-state index contributed by atoms with van der Waals surface area (Å²) in [6.07, 6.45) is 9.82. The van der Waals surface area contributed by atoms with E-state index in [9.17, 15) is 9.90 Å². The Balaban J connectivity index is 2.29. The van der Waals surface area contributed by atoms with E-state index in [1.165, 1.54) is 26.4 Å². The second-order valence-electron chi connectivity index (χ2n) is 9.03. The number of fused-ring (bicyclic) bond motifs is 1. The van der Waals surface area contributed by atoms with Crippen LogP contribution in [0.15, 0.2) is 11.6 Å². The Labute approximate surface area is 147 Å². The molecule has 3 nitrogen and oxygen atoms in total. The molecule has 0 aromatic heterocycles. The first kappa shape index (κ1) is 19.5. The molecule has 0 heterocycles. The standard InChI is InChI=1S/C21H36O3/c1-15(11-14-22)7-9-17-16(19(23)24-5)8-10-18-20(2,3)12-6-13-21(17,18)4/h8,15,17-18,22H,6-7,9-14H2,1-5H3/t15-,17-,18-,21-/m1/s1. The van der Waals surface area contributed by atoms with Crippen molar-refractivity contribution in [2.45, 2.75) is 72.6 Å². The van der Waals surface area contributed by atoms with Crippen molar-refractivity contribution in [3.63, 3.8) is 0 Å². The molecule has 1 saturated carbocycles. The third kappa shape index (κ3) is 3.71. The lowest BCUT2D eigenvalue weighted by Gasteiger charge is -2.56. The molecule has 0 aromatic rings.